The highest BCUT2D eigenvalue weighted by Gasteiger charge is 2.23. The Kier molecular flexibility index (Phi) is 5.89. The third kappa shape index (κ3) is 4.49. The monoisotopic (exact) mass is 380 g/mol. The number of carbonyl (C=O) groups excluding carboxylic acids is 1. The first kappa shape index (κ1) is 18.1. The molecule has 8 heteroatoms. The lowest BCUT2D eigenvalue weighted by Crippen LogP contribution is -2.34. The van der Waals surface area contributed by atoms with Gasteiger partial charge in [-0.1, -0.05) is 13.8 Å². The van der Waals surface area contributed by atoms with Gasteiger partial charge in [-0.3, -0.25) is 4.79 Å². The van der Waals surface area contributed by atoms with Gasteiger partial charge in [-0.25, -0.2) is 17.9 Å². The van der Waals surface area contributed by atoms with E-state index in [1.165, 1.54) is 0 Å². The topological polar surface area (TPSA) is 80.5 Å². The van der Waals surface area contributed by atoms with Crippen LogP contribution < -0.4 is 5.14 Å². The van der Waals surface area contributed by atoms with Crippen molar-refractivity contribution in [1.29, 1.82) is 0 Å². The molecule has 0 heterocycles. The lowest BCUT2D eigenvalue weighted by atomic mass is 10.1. The molecule has 0 radical (unpaired) electrons. The number of carbonyl (C=O) groups is 1. The van der Waals surface area contributed by atoms with E-state index in [1.807, 2.05) is 20.8 Å². The molecule has 2 N–H and O–H groups in total. The number of primary sulfonamides is 1. The molecule has 1 aromatic carbocycles. The largest absolute Gasteiger partial charge is 0.339 e. The van der Waals surface area contributed by atoms with E-state index in [9.17, 15) is 17.6 Å². The van der Waals surface area contributed by atoms with Crippen molar-refractivity contribution < 1.29 is 17.6 Å². The maximum Gasteiger partial charge on any atom is 0.255 e. The van der Waals surface area contributed by atoms with Gasteiger partial charge in [-0.2, -0.15) is 0 Å². The summed E-state index contributed by atoms with van der Waals surface area (Å²) in [6.45, 7) is 6.73. The normalized spacial score (nSPS) is 11.8. The molecule has 5 nitrogen and oxygen atoms in total. The lowest BCUT2D eigenvalue weighted by Gasteiger charge is -2.23. The van der Waals surface area contributed by atoms with Crippen LogP contribution in [0.4, 0.5) is 4.39 Å². The number of hydrogen-bond donors (Lipinski definition) is 1. The van der Waals surface area contributed by atoms with Crippen LogP contribution >= 0.6 is 15.9 Å². The number of benzene rings is 1. The van der Waals surface area contributed by atoms with E-state index in [0.717, 1.165) is 12.1 Å². The summed E-state index contributed by atoms with van der Waals surface area (Å²) in [7, 11) is -4.23. The van der Waals surface area contributed by atoms with Crippen LogP contribution in [0.15, 0.2) is 21.5 Å². The fourth-order valence-electron chi connectivity index (χ4n) is 1.88. The summed E-state index contributed by atoms with van der Waals surface area (Å²) in [6, 6.07) is 1.91. The third-order valence-corrected chi connectivity index (χ3v) is 4.39. The maximum atomic E-state index is 13.7. The minimum absolute atomic E-state index is 0.0722. The zero-order valence-corrected chi connectivity index (χ0v) is 14.5. The standard InChI is InChI=1S/C13H18BrFN2O3S/c1-4-17(7-8(2)3)13(18)9-5-12(21(16,19)20)11(15)6-10(9)14/h5-6,8H,4,7H2,1-3H3,(H2,16,19,20). The van der Waals surface area contributed by atoms with Gasteiger partial charge in [-0.15, -0.1) is 0 Å². The molecule has 21 heavy (non-hydrogen) atoms. The van der Waals surface area contributed by atoms with Crippen molar-refractivity contribution in [2.75, 3.05) is 13.1 Å². The lowest BCUT2D eigenvalue weighted by molar-refractivity contribution is 0.0744. The Morgan fingerprint density at radius 3 is 2.43 bits per heavy atom. The summed E-state index contributed by atoms with van der Waals surface area (Å²) < 4.78 is 36.6. The summed E-state index contributed by atoms with van der Waals surface area (Å²) in [5.41, 5.74) is 0.0722. The predicted octanol–water partition coefficient (Wildman–Crippen LogP) is 2.35. The van der Waals surface area contributed by atoms with Gasteiger partial charge in [0.2, 0.25) is 10.0 Å². The molecule has 0 unspecified atom stereocenters. The van der Waals surface area contributed by atoms with Crippen molar-refractivity contribution >= 4 is 31.9 Å². The molecule has 1 aromatic rings. The average Bonchev–Trinajstić information content (AvgIpc) is 2.33. The molecule has 0 atom stereocenters. The minimum atomic E-state index is -4.23. The van der Waals surface area contributed by atoms with Gasteiger partial charge in [0.05, 0.1) is 5.56 Å². The molecule has 0 aliphatic carbocycles. The molecule has 0 saturated heterocycles. The van der Waals surface area contributed by atoms with E-state index in [0.29, 0.717) is 13.1 Å². The minimum Gasteiger partial charge on any atom is -0.339 e. The van der Waals surface area contributed by atoms with E-state index in [1.54, 1.807) is 4.90 Å². The van der Waals surface area contributed by atoms with E-state index < -0.39 is 20.7 Å². The first-order valence-corrected chi connectivity index (χ1v) is 8.73. The summed E-state index contributed by atoms with van der Waals surface area (Å²) in [5, 5.41) is 4.96. The summed E-state index contributed by atoms with van der Waals surface area (Å²) in [4.78, 5) is 13.3. The maximum absolute atomic E-state index is 13.7. The zero-order chi connectivity index (χ0) is 16.4. The molecule has 1 rings (SSSR count). The average molecular weight is 381 g/mol. The Balaban J connectivity index is 3.33. The van der Waals surface area contributed by atoms with Gasteiger partial charge in [-0.05, 0) is 40.9 Å². The van der Waals surface area contributed by atoms with Crippen molar-refractivity contribution in [2.45, 2.75) is 25.7 Å². The Bertz CT molecular complexity index is 647. The smallest absolute Gasteiger partial charge is 0.255 e. The highest BCUT2D eigenvalue weighted by atomic mass is 79.9. The number of hydrogen-bond acceptors (Lipinski definition) is 3. The van der Waals surface area contributed by atoms with E-state index in [4.69, 9.17) is 5.14 Å². The van der Waals surface area contributed by atoms with Crippen molar-refractivity contribution in [2.24, 2.45) is 11.1 Å². The van der Waals surface area contributed by atoms with Gasteiger partial charge in [0.1, 0.15) is 10.7 Å². The molecule has 0 aliphatic heterocycles. The van der Waals surface area contributed by atoms with Crippen LogP contribution in [0.25, 0.3) is 0 Å². The number of halogens is 2. The molecule has 0 fully saturated rings. The van der Waals surface area contributed by atoms with Crippen molar-refractivity contribution in [1.82, 2.24) is 4.90 Å². The quantitative estimate of drug-likeness (QED) is 0.850. The zero-order valence-electron chi connectivity index (χ0n) is 12.1. The van der Waals surface area contributed by atoms with Crippen LogP contribution in [0.1, 0.15) is 31.1 Å². The Morgan fingerprint density at radius 2 is 2.00 bits per heavy atom. The van der Waals surface area contributed by atoms with Crippen LogP contribution in [0.3, 0.4) is 0 Å². The third-order valence-electron chi connectivity index (χ3n) is 2.81. The first-order valence-electron chi connectivity index (χ1n) is 6.39. The van der Waals surface area contributed by atoms with Crippen LogP contribution in [0.2, 0.25) is 0 Å². The highest BCUT2D eigenvalue weighted by Crippen LogP contribution is 2.25. The number of amides is 1. The molecular weight excluding hydrogens is 363 g/mol. The van der Waals surface area contributed by atoms with Gasteiger partial charge in [0, 0.05) is 17.6 Å². The van der Waals surface area contributed by atoms with Gasteiger partial charge in [0.15, 0.2) is 0 Å². The molecule has 0 saturated carbocycles. The van der Waals surface area contributed by atoms with Crippen LogP contribution in [-0.4, -0.2) is 32.3 Å². The first-order chi connectivity index (χ1) is 9.57. The van der Waals surface area contributed by atoms with Crippen molar-refractivity contribution in [3.8, 4) is 0 Å². The van der Waals surface area contributed by atoms with Crippen molar-refractivity contribution in [3.05, 3.63) is 28.0 Å². The second-order valence-corrected chi connectivity index (χ2v) is 7.43. The van der Waals surface area contributed by atoms with Crippen molar-refractivity contribution in [3.63, 3.8) is 0 Å². The van der Waals surface area contributed by atoms with Gasteiger partial charge in [0.25, 0.3) is 5.91 Å². The van der Waals surface area contributed by atoms with E-state index in [2.05, 4.69) is 15.9 Å². The molecule has 1 amide bonds. The SMILES string of the molecule is CCN(CC(C)C)C(=O)c1cc(S(N)(=O)=O)c(F)cc1Br. The fraction of sp³-hybridized carbons (Fsp3) is 0.462. The Hall–Kier alpha value is -0.990. The molecule has 0 aromatic heterocycles. The fourth-order valence-corrected chi connectivity index (χ4v) is 2.98. The molecule has 0 spiro atoms. The second kappa shape index (κ2) is 6.85. The van der Waals surface area contributed by atoms with Gasteiger partial charge < -0.3 is 4.90 Å². The van der Waals surface area contributed by atoms with Crippen LogP contribution in [0.5, 0.6) is 0 Å². The number of sulfonamides is 1. The van der Waals surface area contributed by atoms with Crippen LogP contribution in [-0.2, 0) is 10.0 Å². The number of nitrogens with zero attached hydrogens (tertiary/aromatic N) is 1. The molecular formula is C13H18BrFN2O3S. The van der Waals surface area contributed by atoms with E-state index in [-0.39, 0.29) is 21.9 Å². The number of nitrogens with two attached hydrogens (primary N) is 1. The number of rotatable bonds is 5. The highest BCUT2D eigenvalue weighted by molar-refractivity contribution is 9.10. The molecule has 0 aliphatic rings. The van der Waals surface area contributed by atoms with E-state index >= 15 is 0 Å². The summed E-state index contributed by atoms with van der Waals surface area (Å²) in [6.07, 6.45) is 0. The van der Waals surface area contributed by atoms with Crippen LogP contribution in [0, 0.1) is 11.7 Å². The Morgan fingerprint density at radius 1 is 1.43 bits per heavy atom. The molecule has 0 bridgehead atoms. The van der Waals surface area contributed by atoms with Gasteiger partial charge >= 0.3 is 0 Å². The second-order valence-electron chi connectivity index (χ2n) is 5.05. The predicted molar refractivity (Wildman–Crippen MR) is 81.9 cm³/mol. The summed E-state index contributed by atoms with van der Waals surface area (Å²) >= 11 is 3.09. The summed E-state index contributed by atoms with van der Waals surface area (Å²) in [5.74, 6) is -1.11. The molecule has 118 valence electrons. The Labute approximate surface area is 132 Å².